The van der Waals surface area contributed by atoms with Crippen LogP contribution in [0.1, 0.15) is 256 Å². The van der Waals surface area contributed by atoms with E-state index < -0.39 is 107 Å². The molecule has 17 aliphatic rings. The fourth-order valence-electron chi connectivity index (χ4n) is 23.9. The van der Waals surface area contributed by atoms with E-state index in [-0.39, 0.29) is 154 Å². The van der Waals surface area contributed by atoms with Gasteiger partial charge in [-0.15, -0.1) is 0 Å². The smallest absolute Gasteiger partial charge is 0.310 e. The first kappa shape index (κ1) is 79.3. The summed E-state index contributed by atoms with van der Waals surface area (Å²) in [6, 6.07) is 0. The quantitative estimate of drug-likeness (QED) is 0.0718. The molecule has 17 rings (SSSR count). The molecule has 4 saturated heterocycles. The number of esters is 12. The Morgan fingerprint density at radius 3 is 0.936 bits per heavy atom. The maximum Gasteiger partial charge on any atom is 0.310 e. The molecule has 13 saturated carbocycles. The molecule has 13 aliphatic carbocycles. The van der Waals surface area contributed by atoms with Crippen molar-refractivity contribution in [2.75, 3.05) is 0 Å². The standard InChI is InChI=1S/C23H32O6.2C21H30O6.C20H28O6/c1-4-11(3)20(24)27-18-15-9-14-16(21(25)28-19(14)18)17(15)22(26)29-23(5-2)10-12-6-7-13(23)8-12;1-4-11(2)18(22)25-16-13-10-12-14(19(23)26-17(12)16)15(13)20(24)27-21(3)8-6-5-7-9-21;1-4-11(3)18(22)25-16-13-10-12-14(19(23)26-17(12)16)15(13)20(24)27-21(5-2)8-6-7-9-21;1-4-10(2)17(21)24-15-12-9-11-13(18(22)25-16(11)15)14(12)19(23)26-20(3)7-5-6-8-20/h11-19H,4-10H2,1-3H3;2*11-17H,4-10H2,1-3H3;10-16H,4-9H2,1-3H3. The van der Waals surface area contributed by atoms with Crippen molar-refractivity contribution in [1.29, 1.82) is 0 Å². The summed E-state index contributed by atoms with van der Waals surface area (Å²) >= 11 is 0. The summed E-state index contributed by atoms with van der Waals surface area (Å²) in [5.41, 5.74) is -1.62. The van der Waals surface area contributed by atoms with Crippen LogP contribution in [-0.4, -0.2) is 143 Å². The Labute approximate surface area is 641 Å². The third-order valence-corrected chi connectivity index (χ3v) is 30.9. The lowest BCUT2D eigenvalue weighted by molar-refractivity contribution is -0.181. The van der Waals surface area contributed by atoms with Crippen molar-refractivity contribution in [2.45, 2.75) is 328 Å². The SMILES string of the molecule is CCC(C)C(=O)OC1C2CC3C1OC(=O)C3C2C(=O)OC1(C)CCCC1.CCC(C)C(=O)OC1C2CC3C1OC(=O)C3C2C(=O)OC1(C)CCCCC1.CCC(C)C(=O)OC1C2CC3C1OC(=O)C3C2C(=O)OC1(CC)CC2CCC1C2.CCC(C)C(=O)OC1C2CC3C1OC(=O)C3C2C(=O)OC1(CC)CCCC1. The minimum atomic E-state index is -0.547. The molecular formula is C85H120O24. The Kier molecular flexibility index (Phi) is 22.5. The first-order valence-corrected chi connectivity index (χ1v) is 42.5. The van der Waals surface area contributed by atoms with Gasteiger partial charge in [-0.25, -0.2) is 0 Å². The van der Waals surface area contributed by atoms with Crippen molar-refractivity contribution in [1.82, 2.24) is 0 Å². The molecule has 24 nitrogen and oxygen atoms in total. The fraction of sp³-hybridized carbons (Fsp3) is 0.859. The van der Waals surface area contributed by atoms with Gasteiger partial charge in [0.2, 0.25) is 0 Å². The fourth-order valence-corrected chi connectivity index (χ4v) is 23.9. The van der Waals surface area contributed by atoms with Gasteiger partial charge in [0.05, 0.1) is 71.0 Å². The number of rotatable bonds is 22. The summed E-state index contributed by atoms with van der Waals surface area (Å²) in [4.78, 5) is 152. The first-order valence-electron chi connectivity index (χ1n) is 42.5. The Balaban J connectivity index is 0.000000121. The van der Waals surface area contributed by atoms with Crippen LogP contribution in [0.2, 0.25) is 0 Å². The molecule has 31 unspecified atom stereocenters. The van der Waals surface area contributed by atoms with Gasteiger partial charge in [-0.05, 0) is 193 Å². The second-order valence-electron chi connectivity index (χ2n) is 37.0. The highest BCUT2D eigenvalue weighted by Crippen LogP contribution is 2.65. The molecule has 0 aromatic carbocycles. The molecular weight excluding hydrogens is 1400 g/mol. The molecule has 0 spiro atoms. The lowest BCUT2D eigenvalue weighted by Gasteiger charge is -2.39. The number of ether oxygens (including phenoxy) is 12. The van der Waals surface area contributed by atoms with Crippen molar-refractivity contribution in [3.63, 3.8) is 0 Å². The van der Waals surface area contributed by atoms with Gasteiger partial charge in [0.15, 0.2) is 0 Å². The second-order valence-corrected chi connectivity index (χ2v) is 37.0. The topological polar surface area (TPSA) is 316 Å². The summed E-state index contributed by atoms with van der Waals surface area (Å²) in [7, 11) is 0. The number of carbonyl (C=O) groups is 12. The van der Waals surface area contributed by atoms with Crippen molar-refractivity contribution in [3.05, 3.63) is 0 Å². The van der Waals surface area contributed by atoms with Crippen LogP contribution in [0.5, 0.6) is 0 Å². The maximum absolute atomic E-state index is 13.4. The zero-order chi connectivity index (χ0) is 77.8. The highest BCUT2D eigenvalue weighted by atomic mass is 16.6. The molecule has 24 heteroatoms. The molecule has 0 N–H and O–H groups in total. The molecule has 0 aromatic rings. The average Bonchev–Trinajstić information content (AvgIpc) is 1.57. The molecule has 0 radical (unpaired) electrons. The molecule has 4 aliphatic heterocycles. The Hall–Kier alpha value is -6.36. The number of hydrogen-bond acceptors (Lipinski definition) is 24. The first-order chi connectivity index (χ1) is 52.0. The molecule has 0 aromatic heterocycles. The predicted octanol–water partition coefficient (Wildman–Crippen LogP) is 11.9. The highest BCUT2D eigenvalue weighted by molar-refractivity contribution is 5.90. The number of fused-ring (bicyclic) bond motifs is 6. The van der Waals surface area contributed by atoms with E-state index in [0.717, 1.165) is 109 Å². The zero-order valence-electron chi connectivity index (χ0n) is 66.2. The molecule has 17 fully saturated rings. The largest absolute Gasteiger partial charge is 0.459 e. The van der Waals surface area contributed by atoms with Gasteiger partial charge < -0.3 is 56.8 Å². The predicted molar refractivity (Wildman–Crippen MR) is 384 cm³/mol. The highest BCUT2D eigenvalue weighted by Gasteiger charge is 2.75. The molecule has 4 heterocycles. The normalized spacial score (nSPS) is 41.8. The van der Waals surface area contributed by atoms with Gasteiger partial charge >= 0.3 is 71.6 Å². The Morgan fingerprint density at radius 2 is 0.661 bits per heavy atom. The molecule has 10 bridgehead atoms. The van der Waals surface area contributed by atoms with Gasteiger partial charge in [-0.2, -0.15) is 0 Å². The van der Waals surface area contributed by atoms with Crippen molar-refractivity contribution in [2.24, 2.45) is 130 Å². The van der Waals surface area contributed by atoms with Crippen molar-refractivity contribution < 1.29 is 114 Å². The van der Waals surface area contributed by atoms with Crippen LogP contribution in [0.4, 0.5) is 0 Å². The van der Waals surface area contributed by atoms with E-state index in [0.29, 0.717) is 63.2 Å². The Bertz CT molecular complexity index is 3530. The summed E-state index contributed by atoms with van der Waals surface area (Å²) < 4.78 is 69.3. The second kappa shape index (κ2) is 30.9. The zero-order valence-corrected chi connectivity index (χ0v) is 66.2. The van der Waals surface area contributed by atoms with Crippen LogP contribution >= 0.6 is 0 Å². The number of carbonyl (C=O) groups excluding carboxylic acids is 12. The van der Waals surface area contributed by atoms with Gasteiger partial charge in [0.25, 0.3) is 0 Å². The van der Waals surface area contributed by atoms with E-state index in [9.17, 15) is 57.5 Å². The molecule has 0 amide bonds. The van der Waals surface area contributed by atoms with Crippen LogP contribution in [0.15, 0.2) is 0 Å². The van der Waals surface area contributed by atoms with E-state index >= 15 is 0 Å². The van der Waals surface area contributed by atoms with Crippen LogP contribution in [0, 0.1) is 130 Å². The average molecular weight is 1530 g/mol. The molecule has 31 atom stereocenters. The van der Waals surface area contributed by atoms with Gasteiger partial charge in [0.1, 0.15) is 71.2 Å². The van der Waals surface area contributed by atoms with Crippen LogP contribution in [0.3, 0.4) is 0 Å². The van der Waals surface area contributed by atoms with Gasteiger partial charge in [-0.3, -0.25) is 57.5 Å². The van der Waals surface area contributed by atoms with Crippen LogP contribution in [0.25, 0.3) is 0 Å². The summed E-state index contributed by atoms with van der Waals surface area (Å²) in [5, 5.41) is 0. The maximum atomic E-state index is 13.4. The van der Waals surface area contributed by atoms with Gasteiger partial charge in [-0.1, -0.05) is 75.7 Å². The monoisotopic (exact) mass is 1520 g/mol. The summed E-state index contributed by atoms with van der Waals surface area (Å²) in [6.45, 7) is 23.2. The van der Waals surface area contributed by atoms with E-state index in [2.05, 4.69) is 13.8 Å². The van der Waals surface area contributed by atoms with Crippen LogP contribution < -0.4 is 0 Å². The lowest BCUT2D eigenvalue weighted by Crippen LogP contribution is -2.47. The summed E-state index contributed by atoms with van der Waals surface area (Å²) in [6.07, 6.45) is 20.8. The number of hydrogen-bond donors (Lipinski definition) is 0. The van der Waals surface area contributed by atoms with E-state index in [1.165, 1.54) is 12.8 Å². The van der Waals surface area contributed by atoms with Gasteiger partial charge in [0, 0.05) is 47.3 Å². The summed E-state index contributed by atoms with van der Waals surface area (Å²) in [5.74, 6) is -7.99. The third kappa shape index (κ3) is 14.1. The Morgan fingerprint density at radius 1 is 0.367 bits per heavy atom. The minimum absolute atomic E-state index is 0.0302. The molecule has 604 valence electrons. The van der Waals surface area contributed by atoms with E-state index in [1.54, 1.807) is 0 Å². The van der Waals surface area contributed by atoms with Crippen molar-refractivity contribution in [3.8, 4) is 0 Å². The minimum Gasteiger partial charge on any atom is -0.459 e. The van der Waals surface area contributed by atoms with E-state index in [4.69, 9.17) is 56.8 Å². The van der Waals surface area contributed by atoms with Crippen LogP contribution in [-0.2, 0) is 114 Å². The lowest BCUT2D eigenvalue weighted by atomic mass is 9.77. The third-order valence-electron chi connectivity index (χ3n) is 30.9. The van der Waals surface area contributed by atoms with E-state index in [1.807, 2.05) is 69.2 Å². The van der Waals surface area contributed by atoms with Crippen molar-refractivity contribution >= 4 is 71.6 Å². The molecule has 109 heavy (non-hydrogen) atoms.